The number of sulfonamides is 1. The predicted octanol–water partition coefficient (Wildman–Crippen LogP) is 0.788. The Hall–Kier alpha value is -0.620. The molecule has 0 bridgehead atoms. The Bertz CT molecular complexity index is 456. The average molecular weight is 236 g/mol. The van der Waals surface area contributed by atoms with Gasteiger partial charge in [-0.15, -0.1) is 0 Å². The second kappa shape index (κ2) is 3.86. The van der Waals surface area contributed by atoms with Gasteiger partial charge in [-0.2, -0.15) is 0 Å². The first-order chi connectivity index (χ1) is 6.36. The van der Waals surface area contributed by atoms with Crippen LogP contribution in [0.25, 0.3) is 0 Å². The number of benzene rings is 1. The van der Waals surface area contributed by atoms with Gasteiger partial charge in [0.15, 0.2) is 0 Å². The fraction of sp³-hybridized carbons (Fsp3) is 0.250. The van der Waals surface area contributed by atoms with Gasteiger partial charge in [-0.1, -0.05) is 11.6 Å². The molecule has 0 aliphatic heterocycles. The Morgan fingerprint density at radius 1 is 1.50 bits per heavy atom. The zero-order valence-corrected chi connectivity index (χ0v) is 9.06. The summed E-state index contributed by atoms with van der Waals surface area (Å²) in [4.78, 5) is -0.0472. The molecule has 0 atom stereocenters. The van der Waals surface area contributed by atoms with Crippen LogP contribution in [-0.2, 0) is 16.6 Å². The van der Waals surface area contributed by atoms with E-state index in [9.17, 15) is 8.42 Å². The van der Waals surface area contributed by atoms with Gasteiger partial charge in [0.2, 0.25) is 10.0 Å². The minimum atomic E-state index is -3.78. The van der Waals surface area contributed by atoms with Crippen molar-refractivity contribution in [2.24, 2.45) is 5.14 Å². The number of aliphatic hydroxyl groups is 1. The van der Waals surface area contributed by atoms with Gasteiger partial charge in [0.1, 0.15) is 0 Å². The first-order valence-electron chi connectivity index (χ1n) is 3.79. The van der Waals surface area contributed by atoms with E-state index in [2.05, 4.69) is 0 Å². The van der Waals surface area contributed by atoms with Crippen molar-refractivity contribution < 1.29 is 13.5 Å². The molecule has 4 nitrogen and oxygen atoms in total. The number of halogens is 1. The molecule has 14 heavy (non-hydrogen) atoms. The predicted molar refractivity (Wildman–Crippen MR) is 53.5 cm³/mol. The van der Waals surface area contributed by atoms with E-state index in [4.69, 9.17) is 21.8 Å². The topological polar surface area (TPSA) is 80.4 Å². The SMILES string of the molecule is Cc1c(CO)cc(Cl)cc1S(N)(=O)=O. The molecule has 0 radical (unpaired) electrons. The lowest BCUT2D eigenvalue weighted by atomic mass is 10.1. The van der Waals surface area contributed by atoms with Gasteiger partial charge in [-0.05, 0) is 30.2 Å². The summed E-state index contributed by atoms with van der Waals surface area (Å²) in [6.07, 6.45) is 0. The van der Waals surface area contributed by atoms with Crippen molar-refractivity contribution in [1.82, 2.24) is 0 Å². The maximum absolute atomic E-state index is 11.1. The van der Waals surface area contributed by atoms with Gasteiger partial charge in [-0.3, -0.25) is 0 Å². The molecule has 1 aromatic rings. The first-order valence-corrected chi connectivity index (χ1v) is 5.71. The quantitative estimate of drug-likeness (QED) is 0.795. The van der Waals surface area contributed by atoms with Crippen LogP contribution in [0.5, 0.6) is 0 Å². The van der Waals surface area contributed by atoms with Crippen molar-refractivity contribution in [2.75, 3.05) is 0 Å². The largest absolute Gasteiger partial charge is 0.392 e. The van der Waals surface area contributed by atoms with E-state index in [1.165, 1.54) is 12.1 Å². The molecule has 0 aliphatic carbocycles. The van der Waals surface area contributed by atoms with Crippen molar-refractivity contribution >= 4 is 21.6 Å². The van der Waals surface area contributed by atoms with Crippen molar-refractivity contribution in [3.63, 3.8) is 0 Å². The van der Waals surface area contributed by atoms with Crippen molar-refractivity contribution in [3.8, 4) is 0 Å². The molecule has 78 valence electrons. The van der Waals surface area contributed by atoms with Crippen LogP contribution in [0, 0.1) is 6.92 Å². The maximum Gasteiger partial charge on any atom is 0.238 e. The highest BCUT2D eigenvalue weighted by Crippen LogP contribution is 2.23. The third kappa shape index (κ3) is 2.24. The standard InChI is InChI=1S/C8H10ClNO3S/c1-5-6(4-11)2-7(9)3-8(5)14(10,12)13/h2-3,11H,4H2,1H3,(H2,10,12,13). The van der Waals surface area contributed by atoms with E-state index in [-0.39, 0.29) is 16.5 Å². The van der Waals surface area contributed by atoms with Crippen LogP contribution in [0.1, 0.15) is 11.1 Å². The Morgan fingerprint density at radius 3 is 2.50 bits per heavy atom. The minimum Gasteiger partial charge on any atom is -0.392 e. The molecule has 1 rings (SSSR count). The third-order valence-corrected chi connectivity index (χ3v) is 3.16. The molecule has 0 saturated heterocycles. The van der Waals surface area contributed by atoms with E-state index in [1.807, 2.05) is 0 Å². The lowest BCUT2D eigenvalue weighted by Crippen LogP contribution is -2.14. The third-order valence-electron chi connectivity index (χ3n) is 1.91. The molecule has 0 heterocycles. The molecule has 3 N–H and O–H groups in total. The van der Waals surface area contributed by atoms with Crippen LogP contribution >= 0.6 is 11.6 Å². The highest BCUT2D eigenvalue weighted by molar-refractivity contribution is 7.89. The number of primary sulfonamides is 1. The van der Waals surface area contributed by atoms with Gasteiger partial charge in [-0.25, -0.2) is 13.6 Å². The first kappa shape index (κ1) is 11.5. The number of hydrogen-bond donors (Lipinski definition) is 2. The Morgan fingerprint density at radius 2 is 2.07 bits per heavy atom. The molecule has 0 fully saturated rings. The fourth-order valence-electron chi connectivity index (χ4n) is 1.17. The molecule has 0 aliphatic rings. The Balaban J connectivity index is 3.53. The monoisotopic (exact) mass is 235 g/mol. The average Bonchev–Trinajstić information content (AvgIpc) is 2.06. The van der Waals surface area contributed by atoms with Crippen LogP contribution in [0.3, 0.4) is 0 Å². The molecule has 0 amide bonds. The zero-order valence-electron chi connectivity index (χ0n) is 7.49. The smallest absolute Gasteiger partial charge is 0.238 e. The lowest BCUT2D eigenvalue weighted by molar-refractivity contribution is 0.280. The number of aliphatic hydroxyl groups excluding tert-OH is 1. The zero-order chi connectivity index (χ0) is 10.9. The van der Waals surface area contributed by atoms with Crippen LogP contribution < -0.4 is 5.14 Å². The molecular weight excluding hydrogens is 226 g/mol. The van der Waals surface area contributed by atoms with Crippen LogP contribution in [0.4, 0.5) is 0 Å². The molecule has 0 saturated carbocycles. The normalized spacial score (nSPS) is 11.7. The highest BCUT2D eigenvalue weighted by atomic mass is 35.5. The summed E-state index contributed by atoms with van der Waals surface area (Å²) in [5, 5.41) is 14.2. The minimum absolute atomic E-state index is 0.0472. The summed E-state index contributed by atoms with van der Waals surface area (Å²) < 4.78 is 22.2. The molecule has 0 spiro atoms. The van der Waals surface area contributed by atoms with Crippen molar-refractivity contribution in [3.05, 3.63) is 28.3 Å². The van der Waals surface area contributed by atoms with Crippen molar-refractivity contribution in [2.45, 2.75) is 18.4 Å². The molecule has 1 aromatic carbocycles. The lowest BCUT2D eigenvalue weighted by Gasteiger charge is -2.08. The van der Waals surface area contributed by atoms with Gasteiger partial charge in [0.05, 0.1) is 11.5 Å². The van der Waals surface area contributed by atoms with E-state index in [1.54, 1.807) is 6.92 Å². The molecular formula is C8H10ClNO3S. The summed E-state index contributed by atoms with van der Waals surface area (Å²) in [5.74, 6) is 0. The van der Waals surface area contributed by atoms with Gasteiger partial charge >= 0.3 is 0 Å². The summed E-state index contributed by atoms with van der Waals surface area (Å²) in [6, 6.07) is 2.77. The number of hydrogen-bond acceptors (Lipinski definition) is 3. The number of nitrogens with two attached hydrogens (primary N) is 1. The van der Waals surface area contributed by atoms with E-state index >= 15 is 0 Å². The molecule has 6 heteroatoms. The van der Waals surface area contributed by atoms with E-state index in [0.717, 1.165) is 0 Å². The van der Waals surface area contributed by atoms with Crippen LogP contribution in [-0.4, -0.2) is 13.5 Å². The van der Waals surface area contributed by atoms with Gasteiger partial charge in [0.25, 0.3) is 0 Å². The molecule has 0 unspecified atom stereocenters. The highest BCUT2D eigenvalue weighted by Gasteiger charge is 2.14. The number of rotatable bonds is 2. The maximum atomic E-state index is 11.1. The summed E-state index contributed by atoms with van der Waals surface area (Å²) in [6.45, 7) is 1.30. The van der Waals surface area contributed by atoms with Crippen LogP contribution in [0.15, 0.2) is 17.0 Å². The van der Waals surface area contributed by atoms with Crippen LogP contribution in [0.2, 0.25) is 5.02 Å². The summed E-state index contributed by atoms with van der Waals surface area (Å²) in [7, 11) is -3.78. The fourth-order valence-corrected chi connectivity index (χ4v) is 2.32. The summed E-state index contributed by atoms with van der Waals surface area (Å²) >= 11 is 5.68. The van der Waals surface area contributed by atoms with E-state index in [0.29, 0.717) is 11.1 Å². The second-order valence-electron chi connectivity index (χ2n) is 2.89. The Kier molecular flexibility index (Phi) is 3.16. The second-order valence-corrected chi connectivity index (χ2v) is 4.86. The summed E-state index contributed by atoms with van der Waals surface area (Å²) in [5.41, 5.74) is 0.890. The molecule has 0 aromatic heterocycles. The van der Waals surface area contributed by atoms with Gasteiger partial charge in [0, 0.05) is 5.02 Å². The van der Waals surface area contributed by atoms with Crippen molar-refractivity contribution in [1.29, 1.82) is 0 Å². The Labute approximate surface area is 87.4 Å². The van der Waals surface area contributed by atoms with E-state index < -0.39 is 10.0 Å². The van der Waals surface area contributed by atoms with Gasteiger partial charge < -0.3 is 5.11 Å².